The highest BCUT2D eigenvalue weighted by molar-refractivity contribution is 5.87. The van der Waals surface area contributed by atoms with E-state index in [-0.39, 0.29) is 11.7 Å². The molecule has 2 atom stereocenters. The van der Waals surface area contributed by atoms with Crippen molar-refractivity contribution < 1.29 is 19.1 Å². The van der Waals surface area contributed by atoms with E-state index in [0.717, 1.165) is 12.8 Å². The Morgan fingerprint density at radius 2 is 2.26 bits per heavy atom. The van der Waals surface area contributed by atoms with Crippen molar-refractivity contribution in [3.05, 3.63) is 23.7 Å². The first kappa shape index (κ1) is 14.1. The molecule has 0 amide bonds. The molecule has 0 spiro atoms. The summed E-state index contributed by atoms with van der Waals surface area (Å²) in [5, 5.41) is 8.82. The van der Waals surface area contributed by atoms with Crippen LogP contribution in [0.5, 0.6) is 0 Å². The summed E-state index contributed by atoms with van der Waals surface area (Å²) >= 11 is 0. The van der Waals surface area contributed by atoms with Crippen LogP contribution in [0.1, 0.15) is 56.2 Å². The Hall–Kier alpha value is -1.29. The Labute approximate surface area is 113 Å². The largest absolute Gasteiger partial charge is 0.478 e. The molecule has 2 unspecified atom stereocenters. The van der Waals surface area contributed by atoms with Gasteiger partial charge in [0.1, 0.15) is 18.6 Å². The van der Waals surface area contributed by atoms with Crippen LogP contribution in [0.3, 0.4) is 0 Å². The first-order chi connectivity index (χ1) is 8.85. The maximum atomic E-state index is 10.7. The number of hydrogen-bond acceptors (Lipinski definition) is 3. The van der Waals surface area contributed by atoms with Gasteiger partial charge < -0.3 is 14.3 Å². The minimum atomic E-state index is -0.970. The minimum absolute atomic E-state index is 0.177. The summed E-state index contributed by atoms with van der Waals surface area (Å²) in [6, 6.07) is 1.53. The average Bonchev–Trinajstić information content (AvgIpc) is 2.72. The van der Waals surface area contributed by atoms with E-state index in [1.54, 1.807) is 0 Å². The molecule has 1 aliphatic carbocycles. The van der Waals surface area contributed by atoms with Gasteiger partial charge in [0.15, 0.2) is 0 Å². The van der Waals surface area contributed by atoms with Crippen molar-refractivity contribution in [3.63, 3.8) is 0 Å². The van der Waals surface area contributed by atoms with Crippen molar-refractivity contribution in [2.45, 2.75) is 52.7 Å². The lowest BCUT2D eigenvalue weighted by atomic mass is 9.71. The fourth-order valence-corrected chi connectivity index (χ4v) is 3.15. The fourth-order valence-electron chi connectivity index (χ4n) is 3.15. The molecule has 0 radical (unpaired) electrons. The molecule has 4 nitrogen and oxygen atoms in total. The molecule has 0 aromatic carbocycles. The van der Waals surface area contributed by atoms with E-state index in [0.29, 0.717) is 23.7 Å². The van der Waals surface area contributed by atoms with Gasteiger partial charge in [0.05, 0.1) is 11.7 Å². The molecule has 0 saturated heterocycles. The first-order valence-electron chi connectivity index (χ1n) is 6.78. The van der Waals surface area contributed by atoms with E-state index in [4.69, 9.17) is 14.3 Å². The van der Waals surface area contributed by atoms with Crippen LogP contribution in [-0.2, 0) is 11.3 Å². The number of ether oxygens (including phenoxy) is 1. The molecule has 1 aromatic rings. The Kier molecular flexibility index (Phi) is 3.99. The maximum Gasteiger partial charge on any atom is 0.338 e. The standard InChI is InChI=1S/C15H22O4/c1-10-4-12(7-15(2,3)6-10)19-9-13-5-11(8-18-13)14(16)17/h5,8,10,12H,4,6-7,9H2,1-3H3,(H,16,17). The molecule has 1 aliphatic rings. The van der Waals surface area contributed by atoms with Gasteiger partial charge in [-0.3, -0.25) is 0 Å². The summed E-state index contributed by atoms with van der Waals surface area (Å²) in [5.74, 6) is 0.274. The third kappa shape index (κ3) is 3.83. The van der Waals surface area contributed by atoms with Gasteiger partial charge in [0.2, 0.25) is 0 Å². The van der Waals surface area contributed by atoms with Crippen LogP contribution in [-0.4, -0.2) is 17.2 Å². The van der Waals surface area contributed by atoms with Crippen LogP contribution in [0.2, 0.25) is 0 Å². The summed E-state index contributed by atoms with van der Waals surface area (Å²) in [6.45, 7) is 7.15. The number of furan rings is 1. The van der Waals surface area contributed by atoms with Gasteiger partial charge in [-0.05, 0) is 36.7 Å². The monoisotopic (exact) mass is 266 g/mol. The van der Waals surface area contributed by atoms with Crippen molar-refractivity contribution >= 4 is 5.97 Å². The van der Waals surface area contributed by atoms with Crippen LogP contribution in [0.25, 0.3) is 0 Å². The minimum Gasteiger partial charge on any atom is -0.478 e. The maximum absolute atomic E-state index is 10.7. The van der Waals surface area contributed by atoms with Crippen LogP contribution in [0.15, 0.2) is 16.7 Å². The second kappa shape index (κ2) is 5.37. The van der Waals surface area contributed by atoms with E-state index in [9.17, 15) is 4.79 Å². The van der Waals surface area contributed by atoms with Crippen molar-refractivity contribution in [1.82, 2.24) is 0 Å². The van der Waals surface area contributed by atoms with Crippen LogP contribution >= 0.6 is 0 Å². The molecule has 19 heavy (non-hydrogen) atoms. The van der Waals surface area contributed by atoms with Crippen LogP contribution in [0.4, 0.5) is 0 Å². The van der Waals surface area contributed by atoms with E-state index >= 15 is 0 Å². The average molecular weight is 266 g/mol. The van der Waals surface area contributed by atoms with Gasteiger partial charge in [-0.2, -0.15) is 0 Å². The van der Waals surface area contributed by atoms with Crippen LogP contribution in [0, 0.1) is 11.3 Å². The predicted octanol–water partition coefficient (Wildman–Crippen LogP) is 3.71. The molecular weight excluding hydrogens is 244 g/mol. The Morgan fingerprint density at radius 3 is 2.84 bits per heavy atom. The Morgan fingerprint density at radius 1 is 1.53 bits per heavy atom. The lowest BCUT2D eigenvalue weighted by Gasteiger charge is -2.38. The van der Waals surface area contributed by atoms with Crippen LogP contribution < -0.4 is 0 Å². The summed E-state index contributed by atoms with van der Waals surface area (Å²) < 4.78 is 11.1. The molecule has 1 fully saturated rings. The van der Waals surface area contributed by atoms with Gasteiger partial charge in [0, 0.05) is 0 Å². The molecule has 4 heteroatoms. The lowest BCUT2D eigenvalue weighted by Crippen LogP contribution is -2.32. The SMILES string of the molecule is CC1CC(OCc2cc(C(=O)O)co2)CC(C)(C)C1. The Balaban J connectivity index is 1.89. The first-order valence-corrected chi connectivity index (χ1v) is 6.78. The summed E-state index contributed by atoms with van der Waals surface area (Å²) in [6.07, 6.45) is 4.84. The normalized spacial score (nSPS) is 26.3. The summed E-state index contributed by atoms with van der Waals surface area (Å²) in [4.78, 5) is 10.7. The lowest BCUT2D eigenvalue weighted by molar-refractivity contribution is -0.0368. The predicted molar refractivity (Wildman–Crippen MR) is 71.0 cm³/mol. The third-order valence-electron chi connectivity index (χ3n) is 3.71. The highest BCUT2D eigenvalue weighted by Crippen LogP contribution is 2.39. The fraction of sp³-hybridized carbons (Fsp3) is 0.667. The van der Waals surface area contributed by atoms with Crippen molar-refractivity contribution in [2.75, 3.05) is 0 Å². The summed E-state index contributed by atoms with van der Waals surface area (Å²) in [7, 11) is 0. The molecular formula is C15H22O4. The van der Waals surface area contributed by atoms with Gasteiger partial charge in [-0.15, -0.1) is 0 Å². The number of carbonyl (C=O) groups is 1. The van der Waals surface area contributed by atoms with Gasteiger partial charge >= 0.3 is 5.97 Å². The second-order valence-electron chi connectivity index (χ2n) is 6.45. The molecule has 1 heterocycles. The molecule has 1 aromatic heterocycles. The van der Waals surface area contributed by atoms with Crippen molar-refractivity contribution in [2.24, 2.45) is 11.3 Å². The smallest absolute Gasteiger partial charge is 0.338 e. The van der Waals surface area contributed by atoms with E-state index < -0.39 is 5.97 Å². The molecule has 1 saturated carbocycles. The summed E-state index contributed by atoms with van der Waals surface area (Å²) in [5.41, 5.74) is 0.494. The number of aromatic carboxylic acids is 1. The zero-order valence-corrected chi connectivity index (χ0v) is 11.8. The highest BCUT2D eigenvalue weighted by atomic mass is 16.5. The Bertz CT molecular complexity index is 447. The second-order valence-corrected chi connectivity index (χ2v) is 6.45. The molecule has 0 bridgehead atoms. The van der Waals surface area contributed by atoms with Crippen molar-refractivity contribution in [1.29, 1.82) is 0 Å². The third-order valence-corrected chi connectivity index (χ3v) is 3.71. The van der Waals surface area contributed by atoms with Gasteiger partial charge in [-0.1, -0.05) is 20.8 Å². The molecule has 1 N–H and O–H groups in total. The topological polar surface area (TPSA) is 59.7 Å². The molecule has 2 rings (SSSR count). The van der Waals surface area contributed by atoms with E-state index in [1.165, 1.54) is 18.8 Å². The number of carboxylic acid groups (broad SMARTS) is 1. The number of rotatable bonds is 4. The zero-order chi connectivity index (χ0) is 14.0. The van der Waals surface area contributed by atoms with E-state index in [2.05, 4.69) is 20.8 Å². The molecule has 106 valence electrons. The quantitative estimate of drug-likeness (QED) is 0.902. The van der Waals surface area contributed by atoms with E-state index in [1.807, 2.05) is 0 Å². The number of carboxylic acids is 1. The van der Waals surface area contributed by atoms with Gasteiger partial charge in [-0.25, -0.2) is 4.79 Å². The zero-order valence-electron chi connectivity index (χ0n) is 11.8. The highest BCUT2D eigenvalue weighted by Gasteiger charge is 2.32. The van der Waals surface area contributed by atoms with Crippen molar-refractivity contribution in [3.8, 4) is 0 Å². The molecule has 0 aliphatic heterocycles. The number of hydrogen-bond donors (Lipinski definition) is 1. The van der Waals surface area contributed by atoms with Gasteiger partial charge in [0.25, 0.3) is 0 Å².